The summed E-state index contributed by atoms with van der Waals surface area (Å²) in [5.41, 5.74) is 8.03. The molecule has 0 aliphatic heterocycles. The molecule has 0 saturated carbocycles. The van der Waals surface area contributed by atoms with Crippen LogP contribution in [0.1, 0.15) is 11.1 Å². The molecule has 1 aromatic heterocycles. The number of hydrogen-bond donors (Lipinski definition) is 0. The van der Waals surface area contributed by atoms with Gasteiger partial charge in [-0.2, -0.15) is 0 Å². The second-order valence-corrected chi connectivity index (χ2v) is 9.11. The summed E-state index contributed by atoms with van der Waals surface area (Å²) in [7, 11) is 0. The molecule has 0 amide bonds. The average Bonchev–Trinajstić information content (AvgIpc) is 2.78. The summed E-state index contributed by atoms with van der Waals surface area (Å²) in [5, 5.41) is 2.23. The second kappa shape index (κ2) is 7.60. The maximum atomic E-state index is 5.15. The second-order valence-electron chi connectivity index (χ2n) is 7.52. The van der Waals surface area contributed by atoms with Crippen LogP contribution < -0.4 is 0 Å². The van der Waals surface area contributed by atoms with Crippen molar-refractivity contribution in [3.63, 3.8) is 0 Å². The van der Waals surface area contributed by atoms with E-state index in [-0.39, 0.29) is 0 Å². The molecule has 30 heavy (non-hydrogen) atoms. The predicted octanol–water partition coefficient (Wildman–Crippen LogP) is 8.26. The molecule has 0 aliphatic rings. The fourth-order valence-electron chi connectivity index (χ4n) is 3.69. The van der Waals surface area contributed by atoms with Crippen LogP contribution in [0.25, 0.3) is 44.3 Å². The van der Waals surface area contributed by atoms with E-state index in [1.807, 2.05) is 12.1 Å². The molecule has 4 heteroatoms. The summed E-state index contributed by atoms with van der Waals surface area (Å²) >= 11 is 7.60. The van der Waals surface area contributed by atoms with Crippen LogP contribution in [0.2, 0.25) is 0 Å². The zero-order valence-electron chi connectivity index (χ0n) is 16.6. The zero-order valence-corrected chi connectivity index (χ0v) is 19.8. The summed E-state index contributed by atoms with van der Waals surface area (Å²) in [4.78, 5) is 10.3. The maximum absolute atomic E-state index is 5.15. The van der Waals surface area contributed by atoms with Crippen molar-refractivity contribution >= 4 is 53.7 Å². The molecular formula is C26H18Br2N2. The van der Waals surface area contributed by atoms with Crippen molar-refractivity contribution in [2.24, 2.45) is 0 Å². The van der Waals surface area contributed by atoms with Crippen molar-refractivity contribution < 1.29 is 0 Å². The zero-order chi connectivity index (χ0) is 20.8. The maximum Gasteiger partial charge on any atom is 0.105 e. The van der Waals surface area contributed by atoms with E-state index in [1.54, 1.807) is 0 Å². The van der Waals surface area contributed by atoms with Crippen LogP contribution in [0.15, 0.2) is 81.7 Å². The predicted molar refractivity (Wildman–Crippen MR) is 133 cm³/mol. The summed E-state index contributed by atoms with van der Waals surface area (Å²) in [6.45, 7) is 4.19. The minimum Gasteiger partial charge on any atom is -0.243 e. The molecule has 0 saturated heterocycles. The molecule has 0 spiro atoms. The first-order valence-corrected chi connectivity index (χ1v) is 11.3. The minimum absolute atomic E-state index is 0.854. The number of benzene rings is 4. The quantitative estimate of drug-likeness (QED) is 0.220. The van der Waals surface area contributed by atoms with Gasteiger partial charge >= 0.3 is 0 Å². The van der Waals surface area contributed by atoms with Gasteiger partial charge in [0.15, 0.2) is 0 Å². The van der Waals surface area contributed by atoms with Crippen LogP contribution >= 0.6 is 31.9 Å². The standard InChI is InChI=1S/C26H18Br2N2/c1-15-7-11-17(12-8-15)23-24(18-13-9-16(2)10-14-18)30-26-22(28)20-6-4-3-5-19(20)21(27)25(26)29-23/h3-14H,1-2H3. The first-order chi connectivity index (χ1) is 14.5. The van der Waals surface area contributed by atoms with E-state index in [0.717, 1.165) is 53.3 Å². The number of aryl methyl sites for hydroxylation is 2. The Balaban J connectivity index is 1.91. The van der Waals surface area contributed by atoms with Gasteiger partial charge in [0.2, 0.25) is 0 Å². The highest BCUT2D eigenvalue weighted by molar-refractivity contribution is 9.11. The molecule has 2 nitrogen and oxygen atoms in total. The Morgan fingerprint density at radius 3 is 1.27 bits per heavy atom. The SMILES string of the molecule is Cc1ccc(-c2nc3c(Br)c4ccccc4c(Br)c3nc2-c2ccc(C)cc2)cc1. The highest BCUT2D eigenvalue weighted by atomic mass is 79.9. The van der Waals surface area contributed by atoms with E-state index in [0.29, 0.717) is 0 Å². The lowest BCUT2D eigenvalue weighted by molar-refractivity contribution is 1.28. The smallest absolute Gasteiger partial charge is 0.105 e. The molecule has 0 N–H and O–H groups in total. The van der Waals surface area contributed by atoms with Crippen LogP contribution in [-0.4, -0.2) is 9.97 Å². The highest BCUT2D eigenvalue weighted by Gasteiger charge is 2.19. The van der Waals surface area contributed by atoms with E-state index in [2.05, 4.69) is 106 Å². The fourth-order valence-corrected chi connectivity index (χ4v) is 4.93. The lowest BCUT2D eigenvalue weighted by atomic mass is 10.0. The van der Waals surface area contributed by atoms with Gasteiger partial charge in [-0.15, -0.1) is 0 Å². The van der Waals surface area contributed by atoms with Gasteiger partial charge in [-0.05, 0) is 56.5 Å². The largest absolute Gasteiger partial charge is 0.243 e. The van der Waals surface area contributed by atoms with Crippen LogP contribution in [-0.2, 0) is 0 Å². The Labute approximate surface area is 192 Å². The van der Waals surface area contributed by atoms with Crippen LogP contribution in [0, 0.1) is 13.8 Å². The Hall–Kier alpha value is -2.56. The van der Waals surface area contributed by atoms with Crippen LogP contribution in [0.5, 0.6) is 0 Å². The van der Waals surface area contributed by atoms with Crippen LogP contribution in [0.4, 0.5) is 0 Å². The molecular weight excluding hydrogens is 500 g/mol. The topological polar surface area (TPSA) is 25.8 Å². The Morgan fingerprint density at radius 2 is 0.900 bits per heavy atom. The number of hydrogen-bond acceptors (Lipinski definition) is 2. The van der Waals surface area contributed by atoms with Crippen molar-refractivity contribution in [2.45, 2.75) is 13.8 Å². The van der Waals surface area contributed by atoms with E-state index in [9.17, 15) is 0 Å². The van der Waals surface area contributed by atoms with Crippen molar-refractivity contribution in [1.29, 1.82) is 0 Å². The van der Waals surface area contributed by atoms with Gasteiger partial charge in [-0.3, -0.25) is 0 Å². The normalized spacial score (nSPS) is 11.3. The summed E-state index contributed by atoms with van der Waals surface area (Å²) in [6, 6.07) is 25.2. The van der Waals surface area contributed by atoms with Gasteiger partial charge in [0.05, 0.1) is 20.3 Å². The Bertz CT molecular complexity index is 1300. The molecule has 146 valence electrons. The number of halogens is 2. The van der Waals surface area contributed by atoms with Gasteiger partial charge in [-0.25, -0.2) is 9.97 Å². The Kier molecular flexibility index (Phi) is 4.92. The highest BCUT2D eigenvalue weighted by Crippen LogP contribution is 2.40. The lowest BCUT2D eigenvalue weighted by Gasteiger charge is -2.14. The van der Waals surface area contributed by atoms with E-state index in [4.69, 9.17) is 9.97 Å². The third-order valence-electron chi connectivity index (χ3n) is 5.36. The third kappa shape index (κ3) is 3.24. The van der Waals surface area contributed by atoms with E-state index >= 15 is 0 Å². The summed E-state index contributed by atoms with van der Waals surface area (Å²) in [6.07, 6.45) is 0. The lowest BCUT2D eigenvalue weighted by Crippen LogP contribution is -1.98. The average molecular weight is 518 g/mol. The van der Waals surface area contributed by atoms with E-state index in [1.165, 1.54) is 11.1 Å². The monoisotopic (exact) mass is 516 g/mol. The molecule has 0 unspecified atom stereocenters. The van der Waals surface area contributed by atoms with Crippen molar-refractivity contribution in [3.05, 3.63) is 92.9 Å². The van der Waals surface area contributed by atoms with Gasteiger partial charge in [0.1, 0.15) is 11.0 Å². The number of aromatic nitrogens is 2. The van der Waals surface area contributed by atoms with Crippen molar-refractivity contribution in [2.75, 3.05) is 0 Å². The molecule has 0 fully saturated rings. The molecule has 0 bridgehead atoms. The fraction of sp³-hybridized carbons (Fsp3) is 0.0769. The van der Waals surface area contributed by atoms with Gasteiger partial charge in [0.25, 0.3) is 0 Å². The van der Waals surface area contributed by atoms with Gasteiger partial charge < -0.3 is 0 Å². The molecule has 5 rings (SSSR count). The third-order valence-corrected chi connectivity index (χ3v) is 6.97. The Morgan fingerprint density at radius 1 is 0.533 bits per heavy atom. The first-order valence-electron chi connectivity index (χ1n) is 9.74. The molecule has 4 aromatic carbocycles. The number of fused-ring (bicyclic) bond motifs is 2. The number of nitrogens with zero attached hydrogens (tertiary/aromatic N) is 2. The molecule has 0 atom stereocenters. The van der Waals surface area contributed by atoms with Gasteiger partial charge in [0, 0.05) is 11.1 Å². The number of rotatable bonds is 2. The van der Waals surface area contributed by atoms with Crippen LogP contribution in [0.3, 0.4) is 0 Å². The molecule has 0 aliphatic carbocycles. The van der Waals surface area contributed by atoms with Crippen molar-refractivity contribution in [1.82, 2.24) is 9.97 Å². The summed E-state index contributed by atoms with van der Waals surface area (Å²) < 4.78 is 1.93. The molecule has 1 heterocycles. The van der Waals surface area contributed by atoms with E-state index < -0.39 is 0 Å². The molecule has 0 radical (unpaired) electrons. The summed E-state index contributed by atoms with van der Waals surface area (Å²) in [5.74, 6) is 0. The molecule has 5 aromatic rings. The van der Waals surface area contributed by atoms with Gasteiger partial charge in [-0.1, -0.05) is 83.9 Å². The minimum atomic E-state index is 0.854. The first kappa shape index (κ1) is 19.4. The van der Waals surface area contributed by atoms with Crippen molar-refractivity contribution in [3.8, 4) is 22.5 Å².